The summed E-state index contributed by atoms with van der Waals surface area (Å²) in [4.78, 5) is 24.6. The number of hydrogen-bond donors (Lipinski definition) is 1. The number of unbranched alkanes of at least 4 members (excludes halogenated alkanes) is 32. The van der Waals surface area contributed by atoms with Gasteiger partial charge in [0, 0.05) is 12.8 Å². The van der Waals surface area contributed by atoms with Gasteiger partial charge >= 0.3 is 11.9 Å². The fraction of sp³-hybridized carbons (Fsp3) is 0.699. The summed E-state index contributed by atoms with van der Waals surface area (Å²) >= 11 is 0. The number of hydrogen-bond acceptors (Lipinski definition) is 5. The third-order valence-corrected chi connectivity index (χ3v) is 14.2. The highest BCUT2D eigenvalue weighted by molar-refractivity contribution is 5.70. The normalized spacial score (nSPS) is 13.0. The molecular formula is C73H124O5. The molecule has 0 aliphatic rings. The largest absolute Gasteiger partial charge is 0.462 e. The van der Waals surface area contributed by atoms with Crippen LogP contribution in [0.5, 0.6) is 0 Å². The minimum absolute atomic E-state index is 0.0705. The van der Waals surface area contributed by atoms with Gasteiger partial charge in [0.15, 0.2) is 6.10 Å². The quantitative estimate of drug-likeness (QED) is 0.0373. The van der Waals surface area contributed by atoms with Crippen LogP contribution in [0.3, 0.4) is 0 Å². The Bertz CT molecular complexity index is 1550. The maximum atomic E-state index is 12.4. The lowest BCUT2D eigenvalue weighted by Gasteiger charge is -2.15. The van der Waals surface area contributed by atoms with Crippen molar-refractivity contribution < 1.29 is 24.2 Å². The lowest BCUT2D eigenvalue weighted by atomic mass is 10.0. The van der Waals surface area contributed by atoms with Crippen LogP contribution in [0.2, 0.25) is 0 Å². The number of esters is 2. The Morgan fingerprint density at radius 3 is 0.833 bits per heavy atom. The van der Waals surface area contributed by atoms with Crippen LogP contribution >= 0.6 is 0 Å². The van der Waals surface area contributed by atoms with Crippen molar-refractivity contribution in [3.8, 4) is 0 Å². The van der Waals surface area contributed by atoms with E-state index < -0.39 is 6.10 Å². The predicted molar refractivity (Wildman–Crippen MR) is 343 cm³/mol. The second kappa shape index (κ2) is 67.6. The molecule has 446 valence electrons. The maximum Gasteiger partial charge on any atom is 0.306 e. The first-order valence-electron chi connectivity index (χ1n) is 33.1. The van der Waals surface area contributed by atoms with Crippen molar-refractivity contribution in [1.29, 1.82) is 0 Å². The van der Waals surface area contributed by atoms with Gasteiger partial charge in [-0.15, -0.1) is 0 Å². The molecule has 0 saturated heterocycles. The van der Waals surface area contributed by atoms with Crippen LogP contribution in [0.4, 0.5) is 0 Å². The zero-order chi connectivity index (χ0) is 56.2. The Morgan fingerprint density at radius 1 is 0.308 bits per heavy atom. The van der Waals surface area contributed by atoms with Gasteiger partial charge in [0.2, 0.25) is 0 Å². The van der Waals surface area contributed by atoms with Crippen molar-refractivity contribution in [1.82, 2.24) is 0 Å². The van der Waals surface area contributed by atoms with Gasteiger partial charge in [-0.25, -0.2) is 0 Å². The number of aliphatic hydroxyl groups excluding tert-OH is 1. The molecule has 0 rings (SSSR count). The van der Waals surface area contributed by atoms with E-state index in [1.165, 1.54) is 186 Å². The summed E-state index contributed by atoms with van der Waals surface area (Å²) in [5.41, 5.74) is 0. The molecule has 0 fully saturated rings. The van der Waals surface area contributed by atoms with E-state index in [0.717, 1.165) is 96.3 Å². The average molecular weight is 1080 g/mol. The molecule has 0 aromatic heterocycles. The van der Waals surface area contributed by atoms with Crippen molar-refractivity contribution in [3.05, 3.63) is 122 Å². The monoisotopic (exact) mass is 1080 g/mol. The Balaban J connectivity index is 3.49. The van der Waals surface area contributed by atoms with E-state index in [1.54, 1.807) is 0 Å². The third kappa shape index (κ3) is 64.8. The highest BCUT2D eigenvalue weighted by Gasteiger charge is 2.16. The van der Waals surface area contributed by atoms with Crippen LogP contribution in [0.1, 0.15) is 309 Å². The summed E-state index contributed by atoms with van der Waals surface area (Å²) in [5, 5.41) is 9.69. The van der Waals surface area contributed by atoms with Crippen molar-refractivity contribution in [2.45, 2.75) is 315 Å². The summed E-state index contributed by atoms with van der Waals surface area (Å²) in [6.45, 7) is 4.03. The van der Waals surface area contributed by atoms with Crippen molar-refractivity contribution in [2.24, 2.45) is 0 Å². The van der Waals surface area contributed by atoms with Crippen molar-refractivity contribution in [2.75, 3.05) is 13.2 Å². The molecule has 1 atom stereocenters. The fourth-order valence-electron chi connectivity index (χ4n) is 9.31. The number of rotatable bonds is 60. The number of carbonyl (C=O) groups excluding carboxylic acids is 2. The van der Waals surface area contributed by atoms with Crippen molar-refractivity contribution >= 4 is 11.9 Å². The van der Waals surface area contributed by atoms with Crippen LogP contribution in [-0.4, -0.2) is 36.4 Å². The molecule has 5 heteroatoms. The Kier molecular flexibility index (Phi) is 64.4. The lowest BCUT2D eigenvalue weighted by molar-refractivity contribution is -0.161. The van der Waals surface area contributed by atoms with E-state index in [-0.39, 0.29) is 25.2 Å². The zero-order valence-corrected chi connectivity index (χ0v) is 51.1. The van der Waals surface area contributed by atoms with Gasteiger partial charge in [-0.3, -0.25) is 9.59 Å². The third-order valence-electron chi connectivity index (χ3n) is 14.2. The van der Waals surface area contributed by atoms with E-state index >= 15 is 0 Å². The molecule has 78 heavy (non-hydrogen) atoms. The molecule has 0 saturated carbocycles. The SMILES string of the molecule is CC/C=C\C/C=C\C/C=C\C/C=C\C/C=C\C/C=C\C/C=C\CCCCCCCCCCCCCCCCCCCC(=O)OC(CO)COC(=O)CCCCCCCCCCCC/C=C\C/C=C\C/C=C\CCCCCCC. The molecule has 0 radical (unpaired) electrons. The standard InChI is InChI=1S/C73H124O5/c1-3-5-7-9-11-13-15-17-19-21-23-25-27-29-30-31-32-33-34-35-36-37-38-39-40-41-42-44-46-48-50-52-54-56-58-60-62-64-66-68-73(76)78-71(69-74)70-77-72(75)67-65-63-61-59-57-55-53-51-49-47-45-43-28-26-24-22-20-18-16-14-12-10-8-6-4-2/h5,7,11,13,16-19,22-25,28-30,32-33,35-36,43,71,74H,3-4,6,8-10,12,14-15,20-21,26-27,31,34,37-42,44-70H2,1-2H3/b7-5-,13-11-,18-16-,19-17-,24-22-,25-23-,30-29-,33-32-,36-35-,43-28-. The summed E-state index contributed by atoms with van der Waals surface area (Å²) in [6.07, 6.45) is 99.2. The first-order valence-corrected chi connectivity index (χ1v) is 33.1. The van der Waals surface area contributed by atoms with E-state index in [2.05, 4.69) is 135 Å². The van der Waals surface area contributed by atoms with Gasteiger partial charge in [-0.05, 0) is 109 Å². The number of ether oxygens (including phenoxy) is 2. The van der Waals surface area contributed by atoms with E-state index in [4.69, 9.17) is 9.47 Å². The summed E-state index contributed by atoms with van der Waals surface area (Å²) in [7, 11) is 0. The van der Waals surface area contributed by atoms with Crippen molar-refractivity contribution in [3.63, 3.8) is 0 Å². The average Bonchev–Trinajstić information content (AvgIpc) is 3.44. The molecule has 0 amide bonds. The molecule has 0 aromatic carbocycles. The van der Waals surface area contributed by atoms with Crippen LogP contribution in [-0.2, 0) is 19.1 Å². The van der Waals surface area contributed by atoms with E-state index in [0.29, 0.717) is 12.8 Å². The van der Waals surface area contributed by atoms with Crippen LogP contribution in [0, 0.1) is 0 Å². The molecule has 0 bridgehead atoms. The van der Waals surface area contributed by atoms with E-state index in [1.807, 2.05) is 0 Å². The smallest absolute Gasteiger partial charge is 0.306 e. The summed E-state index contributed by atoms with van der Waals surface area (Å²) < 4.78 is 10.7. The van der Waals surface area contributed by atoms with Gasteiger partial charge in [0.05, 0.1) is 6.61 Å². The van der Waals surface area contributed by atoms with Crippen LogP contribution in [0.25, 0.3) is 0 Å². The molecule has 0 aliphatic heterocycles. The van der Waals surface area contributed by atoms with E-state index in [9.17, 15) is 14.7 Å². The van der Waals surface area contributed by atoms with Gasteiger partial charge in [0.1, 0.15) is 6.61 Å². The number of allylic oxidation sites excluding steroid dienone is 20. The second-order valence-electron chi connectivity index (χ2n) is 21.8. The predicted octanol–water partition coefficient (Wildman–Crippen LogP) is 23.0. The fourth-order valence-corrected chi connectivity index (χ4v) is 9.31. The molecule has 1 N–H and O–H groups in total. The first kappa shape index (κ1) is 74.3. The maximum absolute atomic E-state index is 12.4. The van der Waals surface area contributed by atoms with Gasteiger partial charge < -0.3 is 14.6 Å². The molecule has 5 nitrogen and oxygen atoms in total. The number of carbonyl (C=O) groups is 2. The van der Waals surface area contributed by atoms with Crippen LogP contribution in [0.15, 0.2) is 122 Å². The van der Waals surface area contributed by atoms with Gasteiger partial charge in [0.25, 0.3) is 0 Å². The molecule has 0 aromatic rings. The molecular weight excluding hydrogens is 957 g/mol. The summed E-state index contributed by atoms with van der Waals surface area (Å²) in [5.74, 6) is -0.589. The molecule has 0 aliphatic carbocycles. The second-order valence-corrected chi connectivity index (χ2v) is 21.8. The highest BCUT2D eigenvalue weighted by atomic mass is 16.6. The van der Waals surface area contributed by atoms with Crippen LogP contribution < -0.4 is 0 Å². The Hall–Kier alpha value is -3.70. The summed E-state index contributed by atoms with van der Waals surface area (Å²) in [6, 6.07) is 0. The minimum Gasteiger partial charge on any atom is -0.462 e. The highest BCUT2D eigenvalue weighted by Crippen LogP contribution is 2.17. The lowest BCUT2D eigenvalue weighted by Crippen LogP contribution is -2.28. The Morgan fingerprint density at radius 2 is 0.551 bits per heavy atom. The molecule has 1 unspecified atom stereocenters. The van der Waals surface area contributed by atoms with Gasteiger partial charge in [-0.1, -0.05) is 309 Å². The minimum atomic E-state index is -0.780. The zero-order valence-electron chi connectivity index (χ0n) is 51.1. The van der Waals surface area contributed by atoms with Gasteiger partial charge in [-0.2, -0.15) is 0 Å². The Labute approximate surface area is 483 Å². The molecule has 0 heterocycles. The first-order chi connectivity index (χ1) is 38.6. The topological polar surface area (TPSA) is 72.8 Å². The molecule has 0 spiro atoms. The number of aliphatic hydroxyl groups is 1.